The Morgan fingerprint density at radius 2 is 1.72 bits per heavy atom. The van der Waals surface area contributed by atoms with Crippen LogP contribution in [0.5, 0.6) is 5.75 Å². The fraction of sp³-hybridized carbons (Fsp3) is 0.267. The Balaban J connectivity index is 1.48. The van der Waals surface area contributed by atoms with Crippen molar-refractivity contribution in [1.29, 1.82) is 0 Å². The number of pyridine rings is 1. The van der Waals surface area contributed by atoms with Gasteiger partial charge < -0.3 is 14.5 Å². The van der Waals surface area contributed by atoms with Gasteiger partial charge in [0, 0.05) is 42.2 Å². The number of benzene rings is 3. The van der Waals surface area contributed by atoms with E-state index in [4.69, 9.17) is 21.3 Å². The molecule has 0 bridgehead atoms. The van der Waals surface area contributed by atoms with Crippen LogP contribution in [0.15, 0.2) is 66.7 Å². The molecule has 0 aliphatic carbocycles. The van der Waals surface area contributed by atoms with Crippen molar-refractivity contribution in [1.82, 2.24) is 9.88 Å². The lowest BCUT2D eigenvalue weighted by Gasteiger charge is -2.36. The largest absolute Gasteiger partial charge is 0.495 e. The van der Waals surface area contributed by atoms with Gasteiger partial charge in [-0.1, -0.05) is 61.0 Å². The van der Waals surface area contributed by atoms with Gasteiger partial charge in [0.15, 0.2) is 0 Å². The van der Waals surface area contributed by atoms with Crippen molar-refractivity contribution in [2.75, 3.05) is 38.2 Å². The van der Waals surface area contributed by atoms with Crippen LogP contribution in [0.3, 0.4) is 0 Å². The van der Waals surface area contributed by atoms with E-state index in [-0.39, 0.29) is 5.91 Å². The normalized spacial score (nSPS) is 13.8. The maximum absolute atomic E-state index is 13.9. The van der Waals surface area contributed by atoms with E-state index in [1.165, 1.54) is 5.56 Å². The molecule has 184 valence electrons. The summed E-state index contributed by atoms with van der Waals surface area (Å²) >= 11 is 6.45. The number of nitrogens with zero attached hydrogens (tertiary/aromatic N) is 3. The first-order chi connectivity index (χ1) is 17.5. The number of hydrogen-bond acceptors (Lipinski definition) is 4. The van der Waals surface area contributed by atoms with Gasteiger partial charge in [-0.25, -0.2) is 4.98 Å². The van der Waals surface area contributed by atoms with E-state index < -0.39 is 0 Å². The smallest absolute Gasteiger partial charge is 0.254 e. The molecule has 2 heterocycles. The number of carbonyl (C=O) groups excluding carboxylic acids is 1. The summed E-state index contributed by atoms with van der Waals surface area (Å²) in [6, 6.07) is 22.1. The fourth-order valence-corrected chi connectivity index (χ4v) is 5.00. The molecule has 1 aliphatic rings. The van der Waals surface area contributed by atoms with E-state index in [2.05, 4.69) is 42.2 Å². The summed E-state index contributed by atoms with van der Waals surface area (Å²) in [7, 11) is 1.69. The molecule has 1 fully saturated rings. The van der Waals surface area contributed by atoms with Crippen LogP contribution < -0.4 is 9.64 Å². The van der Waals surface area contributed by atoms with Crippen molar-refractivity contribution < 1.29 is 9.53 Å². The lowest BCUT2D eigenvalue weighted by Crippen LogP contribution is -2.49. The second-order valence-corrected chi connectivity index (χ2v) is 9.53. The van der Waals surface area contributed by atoms with Gasteiger partial charge in [0.25, 0.3) is 5.91 Å². The molecular weight excluding hydrogens is 470 g/mol. The molecule has 0 N–H and O–H groups in total. The van der Waals surface area contributed by atoms with E-state index in [0.29, 0.717) is 23.7 Å². The van der Waals surface area contributed by atoms with Crippen LogP contribution in [0.25, 0.3) is 22.2 Å². The quantitative estimate of drug-likeness (QED) is 0.319. The Morgan fingerprint density at radius 3 is 2.42 bits per heavy atom. The van der Waals surface area contributed by atoms with Crippen LogP contribution in [-0.2, 0) is 6.42 Å². The zero-order valence-corrected chi connectivity index (χ0v) is 21.7. The second-order valence-electron chi connectivity index (χ2n) is 9.13. The highest BCUT2D eigenvalue weighted by molar-refractivity contribution is 6.32. The first-order valence-electron chi connectivity index (χ1n) is 12.4. The summed E-state index contributed by atoms with van der Waals surface area (Å²) in [4.78, 5) is 23.0. The predicted molar refractivity (Wildman–Crippen MR) is 147 cm³/mol. The molecule has 1 amide bonds. The SMILES string of the molecule is CCc1ccc(-c2cc(C(=O)N3CCN(c4ccccc4OC)CC3)c3ccc(Cl)c(C)c3n2)cc1. The molecule has 1 aromatic heterocycles. The molecular formula is C30H30ClN3O2. The van der Waals surface area contributed by atoms with Crippen molar-refractivity contribution in [2.45, 2.75) is 20.3 Å². The van der Waals surface area contributed by atoms with Crippen molar-refractivity contribution in [3.8, 4) is 17.0 Å². The highest BCUT2D eigenvalue weighted by Gasteiger charge is 2.26. The zero-order valence-electron chi connectivity index (χ0n) is 20.9. The Morgan fingerprint density at radius 1 is 1.00 bits per heavy atom. The van der Waals surface area contributed by atoms with Gasteiger partial charge in [-0.15, -0.1) is 0 Å². The van der Waals surface area contributed by atoms with Crippen LogP contribution >= 0.6 is 11.6 Å². The number of aryl methyl sites for hydroxylation is 2. The lowest BCUT2D eigenvalue weighted by atomic mass is 10.00. The number of rotatable bonds is 5. The highest BCUT2D eigenvalue weighted by Crippen LogP contribution is 2.32. The molecule has 0 spiro atoms. The standard InChI is InChI=1S/C30H30ClN3O2/c1-4-21-9-11-22(12-10-21)26-19-24(23-13-14-25(31)20(2)29(23)32-26)30(35)34-17-15-33(16-18-34)27-7-5-6-8-28(27)36-3/h5-14,19H,4,15-18H2,1-3H3. The molecule has 5 nitrogen and oxygen atoms in total. The van der Waals surface area contributed by atoms with Crippen molar-refractivity contribution in [3.63, 3.8) is 0 Å². The number of ether oxygens (including phenoxy) is 1. The van der Waals surface area contributed by atoms with Crippen molar-refractivity contribution in [2.24, 2.45) is 0 Å². The molecule has 4 aromatic rings. The van der Waals surface area contributed by atoms with E-state index in [1.807, 2.05) is 48.2 Å². The number of anilines is 1. The number of para-hydroxylation sites is 2. The van der Waals surface area contributed by atoms with Crippen LogP contribution in [0.1, 0.15) is 28.4 Å². The van der Waals surface area contributed by atoms with E-state index >= 15 is 0 Å². The Labute approximate surface area is 217 Å². The number of carbonyl (C=O) groups is 1. The molecule has 0 atom stereocenters. The number of hydrogen-bond donors (Lipinski definition) is 0. The summed E-state index contributed by atoms with van der Waals surface area (Å²) in [5, 5.41) is 1.49. The third-order valence-corrected chi connectivity index (χ3v) is 7.46. The Kier molecular flexibility index (Phi) is 6.84. The summed E-state index contributed by atoms with van der Waals surface area (Å²) in [5.74, 6) is 0.874. The minimum Gasteiger partial charge on any atom is -0.495 e. The Bertz CT molecular complexity index is 1410. The van der Waals surface area contributed by atoms with Gasteiger partial charge in [-0.05, 0) is 48.7 Å². The van der Waals surface area contributed by atoms with Gasteiger partial charge in [0.2, 0.25) is 0 Å². The summed E-state index contributed by atoms with van der Waals surface area (Å²) in [6.45, 7) is 6.85. The number of methoxy groups -OCH3 is 1. The maximum Gasteiger partial charge on any atom is 0.254 e. The van der Waals surface area contributed by atoms with E-state index in [0.717, 1.165) is 58.7 Å². The molecule has 36 heavy (non-hydrogen) atoms. The molecule has 1 aliphatic heterocycles. The third kappa shape index (κ3) is 4.51. The molecule has 6 heteroatoms. The van der Waals surface area contributed by atoms with Gasteiger partial charge in [0.1, 0.15) is 5.75 Å². The van der Waals surface area contributed by atoms with Gasteiger partial charge in [-0.2, -0.15) is 0 Å². The first-order valence-corrected chi connectivity index (χ1v) is 12.7. The molecule has 0 saturated carbocycles. The first kappa shape index (κ1) is 24.1. The second kappa shape index (κ2) is 10.2. The van der Waals surface area contributed by atoms with Gasteiger partial charge in [0.05, 0.1) is 29.6 Å². The van der Waals surface area contributed by atoms with Crippen LogP contribution in [0, 0.1) is 6.92 Å². The minimum atomic E-state index is 0.0234. The molecule has 1 saturated heterocycles. The van der Waals surface area contributed by atoms with E-state index in [9.17, 15) is 4.79 Å². The number of aromatic nitrogens is 1. The molecule has 0 unspecified atom stereocenters. The van der Waals surface area contributed by atoms with Crippen LogP contribution in [0.2, 0.25) is 5.02 Å². The summed E-state index contributed by atoms with van der Waals surface area (Å²) in [5.41, 5.74) is 6.43. The van der Waals surface area contributed by atoms with Crippen LogP contribution in [0.4, 0.5) is 5.69 Å². The topological polar surface area (TPSA) is 45.7 Å². The van der Waals surface area contributed by atoms with Crippen LogP contribution in [-0.4, -0.2) is 49.1 Å². The lowest BCUT2D eigenvalue weighted by molar-refractivity contribution is 0.0748. The average Bonchev–Trinajstić information content (AvgIpc) is 2.94. The molecule has 3 aromatic carbocycles. The fourth-order valence-electron chi connectivity index (χ4n) is 4.85. The monoisotopic (exact) mass is 499 g/mol. The number of amides is 1. The number of halogens is 1. The third-order valence-electron chi connectivity index (χ3n) is 7.05. The van der Waals surface area contributed by atoms with Gasteiger partial charge in [-0.3, -0.25) is 4.79 Å². The summed E-state index contributed by atoms with van der Waals surface area (Å²) < 4.78 is 5.54. The average molecular weight is 500 g/mol. The molecule has 0 radical (unpaired) electrons. The Hall–Kier alpha value is -3.57. The van der Waals surface area contributed by atoms with Crippen molar-refractivity contribution >= 4 is 34.1 Å². The van der Waals surface area contributed by atoms with Gasteiger partial charge >= 0.3 is 0 Å². The number of piperazine rings is 1. The summed E-state index contributed by atoms with van der Waals surface area (Å²) in [6.07, 6.45) is 0.977. The van der Waals surface area contributed by atoms with Crippen molar-refractivity contribution in [3.05, 3.63) is 88.4 Å². The maximum atomic E-state index is 13.9. The van der Waals surface area contributed by atoms with E-state index in [1.54, 1.807) is 7.11 Å². The highest BCUT2D eigenvalue weighted by atomic mass is 35.5. The predicted octanol–water partition coefficient (Wildman–Crippen LogP) is 6.40. The number of fused-ring (bicyclic) bond motifs is 1. The minimum absolute atomic E-state index is 0.0234. The molecule has 5 rings (SSSR count). The zero-order chi connectivity index (χ0) is 25.2.